The predicted octanol–water partition coefficient (Wildman–Crippen LogP) is 2.95. The van der Waals surface area contributed by atoms with Crippen LogP contribution in [0, 0.1) is 9.39 Å². The van der Waals surface area contributed by atoms with Crippen LogP contribution in [0.2, 0.25) is 0 Å². The van der Waals surface area contributed by atoms with Gasteiger partial charge in [-0.1, -0.05) is 12.1 Å². The Hall–Kier alpha value is -0.910. The summed E-state index contributed by atoms with van der Waals surface area (Å²) >= 11 is 2.29. The number of aryl methyl sites for hydroxylation is 2. The molecule has 0 N–H and O–H groups in total. The van der Waals surface area contributed by atoms with Gasteiger partial charge >= 0.3 is 0 Å². The Balaban J connectivity index is 2.05. The molecule has 0 radical (unpaired) electrons. The molecule has 0 fully saturated rings. The van der Waals surface area contributed by atoms with E-state index in [1.54, 1.807) is 0 Å². The summed E-state index contributed by atoms with van der Waals surface area (Å²) in [5.74, 6) is -0.182. The van der Waals surface area contributed by atoms with Crippen molar-refractivity contribution in [2.75, 3.05) is 0 Å². The summed E-state index contributed by atoms with van der Waals surface area (Å²) < 4.78 is 15.8. The van der Waals surface area contributed by atoms with E-state index in [4.69, 9.17) is 0 Å². The molecule has 2 rings (SSSR count). The highest BCUT2D eigenvalue weighted by Gasteiger charge is 2.05. The maximum Gasteiger partial charge on any atom is 0.123 e. The van der Waals surface area contributed by atoms with Crippen molar-refractivity contribution in [3.05, 3.63) is 51.1 Å². The number of aromatic nitrogens is 2. The normalized spacial score (nSPS) is 10.7. The number of rotatable bonds is 3. The van der Waals surface area contributed by atoms with Crippen LogP contribution < -0.4 is 0 Å². The van der Waals surface area contributed by atoms with Gasteiger partial charge in [-0.05, 0) is 53.1 Å². The van der Waals surface area contributed by atoms with Gasteiger partial charge in [0.25, 0.3) is 0 Å². The van der Waals surface area contributed by atoms with Crippen molar-refractivity contribution in [3.63, 3.8) is 0 Å². The Labute approximate surface area is 108 Å². The van der Waals surface area contributed by atoms with Crippen molar-refractivity contribution in [1.82, 2.24) is 9.78 Å². The van der Waals surface area contributed by atoms with Crippen molar-refractivity contribution in [2.45, 2.75) is 12.8 Å². The van der Waals surface area contributed by atoms with Crippen LogP contribution in [0.3, 0.4) is 0 Å². The minimum atomic E-state index is -0.182. The fourth-order valence-corrected chi connectivity index (χ4v) is 2.37. The van der Waals surface area contributed by atoms with Gasteiger partial charge in [0.15, 0.2) is 0 Å². The van der Waals surface area contributed by atoms with E-state index < -0.39 is 0 Å². The first kappa shape index (κ1) is 11.6. The van der Waals surface area contributed by atoms with Gasteiger partial charge in [0.2, 0.25) is 0 Å². The van der Waals surface area contributed by atoms with Crippen LogP contribution in [-0.4, -0.2) is 9.78 Å². The van der Waals surface area contributed by atoms with E-state index in [1.807, 2.05) is 30.1 Å². The average molecular weight is 330 g/mol. The van der Waals surface area contributed by atoms with Crippen molar-refractivity contribution in [3.8, 4) is 0 Å². The molecular formula is C12H12FIN2. The summed E-state index contributed by atoms with van der Waals surface area (Å²) in [7, 11) is 1.95. The Kier molecular flexibility index (Phi) is 3.58. The third-order valence-electron chi connectivity index (χ3n) is 2.57. The molecule has 4 heteroatoms. The lowest BCUT2D eigenvalue weighted by Crippen LogP contribution is -2.01. The van der Waals surface area contributed by atoms with Crippen LogP contribution in [-0.2, 0) is 19.9 Å². The van der Waals surface area contributed by atoms with Gasteiger partial charge in [-0.25, -0.2) is 4.39 Å². The molecule has 0 aliphatic rings. The molecule has 0 unspecified atom stereocenters. The van der Waals surface area contributed by atoms with Crippen LogP contribution >= 0.6 is 22.6 Å². The molecule has 0 spiro atoms. The zero-order chi connectivity index (χ0) is 11.5. The minimum absolute atomic E-state index is 0.182. The molecule has 0 amide bonds. The van der Waals surface area contributed by atoms with Gasteiger partial charge < -0.3 is 0 Å². The standard InChI is InChI=1S/C12H12FIN2/c1-16-12(11(14)8-15-16)7-4-9-2-5-10(13)6-3-9/h2-3,5-6,8H,4,7H2,1H3. The Bertz CT molecular complexity index is 457. The average Bonchev–Trinajstić information content (AvgIpc) is 2.59. The number of hydrogen-bond acceptors (Lipinski definition) is 1. The molecule has 1 aromatic heterocycles. The van der Waals surface area contributed by atoms with E-state index in [1.165, 1.54) is 21.4 Å². The number of benzene rings is 1. The van der Waals surface area contributed by atoms with Crippen molar-refractivity contribution in [2.24, 2.45) is 7.05 Å². The Morgan fingerprint density at radius 1 is 1.25 bits per heavy atom. The van der Waals surface area contributed by atoms with Crippen LogP contribution in [0.25, 0.3) is 0 Å². The third kappa shape index (κ3) is 2.61. The molecule has 1 aromatic carbocycles. The lowest BCUT2D eigenvalue weighted by molar-refractivity contribution is 0.626. The van der Waals surface area contributed by atoms with Gasteiger partial charge in [0, 0.05) is 7.05 Å². The lowest BCUT2D eigenvalue weighted by atomic mass is 10.1. The second-order valence-electron chi connectivity index (χ2n) is 3.69. The molecule has 0 bridgehead atoms. The summed E-state index contributed by atoms with van der Waals surface area (Å²) in [4.78, 5) is 0. The summed E-state index contributed by atoms with van der Waals surface area (Å²) in [5.41, 5.74) is 2.38. The van der Waals surface area contributed by atoms with E-state index >= 15 is 0 Å². The van der Waals surface area contributed by atoms with Gasteiger partial charge in [0.1, 0.15) is 5.82 Å². The van der Waals surface area contributed by atoms with Crippen LogP contribution in [0.5, 0.6) is 0 Å². The summed E-state index contributed by atoms with van der Waals surface area (Å²) in [6.07, 6.45) is 3.71. The zero-order valence-electron chi connectivity index (χ0n) is 8.95. The zero-order valence-corrected chi connectivity index (χ0v) is 11.1. The highest BCUT2D eigenvalue weighted by molar-refractivity contribution is 14.1. The first-order valence-corrected chi connectivity index (χ1v) is 6.15. The summed E-state index contributed by atoms with van der Waals surface area (Å²) in [6, 6.07) is 6.67. The highest BCUT2D eigenvalue weighted by atomic mass is 127. The highest BCUT2D eigenvalue weighted by Crippen LogP contribution is 2.14. The fourth-order valence-electron chi connectivity index (χ4n) is 1.63. The first-order chi connectivity index (χ1) is 7.66. The maximum absolute atomic E-state index is 12.7. The second kappa shape index (κ2) is 4.95. The predicted molar refractivity (Wildman–Crippen MR) is 69.7 cm³/mol. The van der Waals surface area contributed by atoms with Crippen LogP contribution in [0.15, 0.2) is 30.5 Å². The molecule has 16 heavy (non-hydrogen) atoms. The molecule has 0 aliphatic carbocycles. The molecule has 0 aliphatic heterocycles. The first-order valence-electron chi connectivity index (χ1n) is 5.07. The molecular weight excluding hydrogens is 318 g/mol. The van der Waals surface area contributed by atoms with E-state index in [-0.39, 0.29) is 5.82 Å². The Morgan fingerprint density at radius 2 is 1.94 bits per heavy atom. The van der Waals surface area contributed by atoms with E-state index in [0.717, 1.165) is 18.4 Å². The second-order valence-corrected chi connectivity index (χ2v) is 4.85. The monoisotopic (exact) mass is 330 g/mol. The van der Waals surface area contributed by atoms with Crippen molar-refractivity contribution < 1.29 is 4.39 Å². The smallest absolute Gasteiger partial charge is 0.123 e. The van der Waals surface area contributed by atoms with Gasteiger partial charge in [-0.3, -0.25) is 4.68 Å². The third-order valence-corrected chi connectivity index (χ3v) is 3.48. The van der Waals surface area contributed by atoms with Gasteiger partial charge in [-0.2, -0.15) is 5.10 Å². The molecule has 0 saturated carbocycles. The number of hydrogen-bond donors (Lipinski definition) is 0. The van der Waals surface area contributed by atoms with Crippen molar-refractivity contribution in [1.29, 1.82) is 0 Å². The number of halogens is 2. The quantitative estimate of drug-likeness (QED) is 0.792. The largest absolute Gasteiger partial charge is 0.272 e. The molecule has 0 saturated heterocycles. The molecule has 1 heterocycles. The Morgan fingerprint density at radius 3 is 2.50 bits per heavy atom. The molecule has 0 atom stereocenters. The summed E-state index contributed by atoms with van der Waals surface area (Å²) in [6.45, 7) is 0. The number of nitrogens with zero attached hydrogens (tertiary/aromatic N) is 2. The van der Waals surface area contributed by atoms with E-state index in [2.05, 4.69) is 27.7 Å². The minimum Gasteiger partial charge on any atom is -0.272 e. The molecule has 84 valence electrons. The van der Waals surface area contributed by atoms with E-state index in [9.17, 15) is 4.39 Å². The molecule has 2 aromatic rings. The maximum atomic E-state index is 12.7. The fraction of sp³-hybridized carbons (Fsp3) is 0.250. The van der Waals surface area contributed by atoms with Crippen molar-refractivity contribution >= 4 is 22.6 Å². The van der Waals surface area contributed by atoms with E-state index in [0.29, 0.717) is 0 Å². The summed E-state index contributed by atoms with van der Waals surface area (Å²) in [5, 5.41) is 4.19. The van der Waals surface area contributed by atoms with Gasteiger partial charge in [0.05, 0.1) is 15.5 Å². The van der Waals surface area contributed by atoms with Crippen LogP contribution in [0.4, 0.5) is 4.39 Å². The molecule has 2 nitrogen and oxygen atoms in total. The SMILES string of the molecule is Cn1ncc(I)c1CCc1ccc(F)cc1. The van der Waals surface area contributed by atoms with Gasteiger partial charge in [-0.15, -0.1) is 0 Å². The topological polar surface area (TPSA) is 17.8 Å². The lowest BCUT2D eigenvalue weighted by Gasteiger charge is -2.03. The van der Waals surface area contributed by atoms with Crippen LogP contribution in [0.1, 0.15) is 11.3 Å².